The van der Waals surface area contributed by atoms with Crippen molar-refractivity contribution < 1.29 is 9.53 Å². The summed E-state index contributed by atoms with van der Waals surface area (Å²) in [5.41, 5.74) is -0.248. The summed E-state index contributed by atoms with van der Waals surface area (Å²) < 4.78 is 4.82. The maximum atomic E-state index is 9.67. The fourth-order valence-corrected chi connectivity index (χ4v) is 0.572. The molecule has 0 aliphatic carbocycles. The van der Waals surface area contributed by atoms with Crippen LogP contribution < -0.4 is 0 Å². The molecule has 0 unspecified atom stereocenters. The predicted octanol–water partition coefficient (Wildman–Crippen LogP) is 0.111. The van der Waals surface area contributed by atoms with Crippen molar-refractivity contribution >= 4 is 6.08 Å². The first-order valence-electron chi connectivity index (χ1n) is 2.44. The van der Waals surface area contributed by atoms with E-state index in [4.69, 9.17) is 4.74 Å². The number of carbonyl (C=O) groups excluding carboxylic acids is 1. The summed E-state index contributed by atoms with van der Waals surface area (Å²) in [6.07, 6.45) is 1.51. The van der Waals surface area contributed by atoms with E-state index in [0.717, 1.165) is 0 Å². The van der Waals surface area contributed by atoms with Crippen molar-refractivity contribution in [1.29, 1.82) is 0 Å². The zero-order valence-corrected chi connectivity index (χ0v) is 4.68. The zero-order chi connectivity index (χ0) is 6.04. The molecule has 8 heavy (non-hydrogen) atoms. The maximum Gasteiger partial charge on any atom is 0.235 e. The number of aliphatic imine (C=N–C) groups is 1. The fraction of sp³-hybridized carbons (Fsp3) is 0.800. The van der Waals surface area contributed by atoms with E-state index in [1.807, 2.05) is 6.92 Å². The van der Waals surface area contributed by atoms with Gasteiger partial charge in [0.15, 0.2) is 0 Å². The average Bonchev–Trinajstić information content (AvgIpc) is 1.64. The number of hydrogen-bond acceptors (Lipinski definition) is 3. The molecule has 0 atom stereocenters. The molecular formula is C5H7NO2. The number of isocyanates is 1. The fourth-order valence-electron chi connectivity index (χ4n) is 0.572. The number of rotatable bonds is 1. The SMILES string of the molecule is CC1(N=C=O)COC1. The molecule has 0 aromatic heterocycles. The molecule has 3 nitrogen and oxygen atoms in total. The van der Waals surface area contributed by atoms with Gasteiger partial charge < -0.3 is 4.74 Å². The Bertz CT molecular complexity index is 133. The Morgan fingerprint density at radius 2 is 2.38 bits per heavy atom. The van der Waals surface area contributed by atoms with Crippen LogP contribution in [-0.4, -0.2) is 24.8 Å². The van der Waals surface area contributed by atoms with Crippen LogP contribution in [0, 0.1) is 0 Å². The van der Waals surface area contributed by atoms with Gasteiger partial charge in [-0.05, 0) is 6.92 Å². The Balaban J connectivity index is 2.53. The van der Waals surface area contributed by atoms with Crippen molar-refractivity contribution in [3.05, 3.63) is 0 Å². The summed E-state index contributed by atoms with van der Waals surface area (Å²) >= 11 is 0. The van der Waals surface area contributed by atoms with E-state index in [9.17, 15) is 4.79 Å². The van der Waals surface area contributed by atoms with Crippen molar-refractivity contribution in [3.8, 4) is 0 Å². The van der Waals surface area contributed by atoms with Gasteiger partial charge in [0.25, 0.3) is 0 Å². The predicted molar refractivity (Wildman–Crippen MR) is 27.3 cm³/mol. The third kappa shape index (κ3) is 0.782. The third-order valence-corrected chi connectivity index (χ3v) is 1.14. The molecule has 0 amide bonds. The Kier molecular flexibility index (Phi) is 1.16. The van der Waals surface area contributed by atoms with Crippen molar-refractivity contribution in [2.24, 2.45) is 4.99 Å². The van der Waals surface area contributed by atoms with Gasteiger partial charge in [-0.1, -0.05) is 0 Å². The molecule has 1 aliphatic rings. The summed E-state index contributed by atoms with van der Waals surface area (Å²) in [4.78, 5) is 13.2. The van der Waals surface area contributed by atoms with Crippen LogP contribution in [0.15, 0.2) is 4.99 Å². The van der Waals surface area contributed by atoms with Gasteiger partial charge in [-0.15, -0.1) is 0 Å². The van der Waals surface area contributed by atoms with E-state index in [-0.39, 0.29) is 5.54 Å². The molecule has 3 heteroatoms. The molecule has 44 valence electrons. The Labute approximate surface area is 47.4 Å². The van der Waals surface area contributed by atoms with Crippen molar-refractivity contribution in [3.63, 3.8) is 0 Å². The highest BCUT2D eigenvalue weighted by molar-refractivity contribution is 5.35. The molecule has 0 saturated carbocycles. The van der Waals surface area contributed by atoms with Crippen LogP contribution in [0.5, 0.6) is 0 Å². The topological polar surface area (TPSA) is 38.7 Å². The molecule has 1 saturated heterocycles. The summed E-state index contributed by atoms with van der Waals surface area (Å²) in [5.74, 6) is 0. The van der Waals surface area contributed by atoms with E-state index >= 15 is 0 Å². The summed E-state index contributed by atoms with van der Waals surface area (Å²) in [5, 5.41) is 0. The zero-order valence-electron chi connectivity index (χ0n) is 4.68. The van der Waals surface area contributed by atoms with E-state index in [1.54, 1.807) is 0 Å². The van der Waals surface area contributed by atoms with Gasteiger partial charge in [0.05, 0.1) is 13.2 Å². The van der Waals surface area contributed by atoms with Gasteiger partial charge in [0, 0.05) is 0 Å². The van der Waals surface area contributed by atoms with Gasteiger partial charge in [-0.2, -0.15) is 4.99 Å². The molecule has 1 rings (SSSR count). The summed E-state index contributed by atoms with van der Waals surface area (Å²) in [6.45, 7) is 2.98. The standard InChI is InChI=1S/C5H7NO2/c1-5(6-4-7)2-8-3-5/h2-3H2,1H3. The molecular weight excluding hydrogens is 106 g/mol. The highest BCUT2D eigenvalue weighted by atomic mass is 16.5. The molecule has 0 aromatic carbocycles. The van der Waals surface area contributed by atoms with Gasteiger partial charge in [-0.25, -0.2) is 4.79 Å². The minimum atomic E-state index is -0.248. The van der Waals surface area contributed by atoms with Gasteiger partial charge in [0.1, 0.15) is 5.54 Å². The molecule has 0 bridgehead atoms. The quantitative estimate of drug-likeness (QED) is 0.357. The van der Waals surface area contributed by atoms with Crippen molar-refractivity contribution in [2.75, 3.05) is 13.2 Å². The first-order chi connectivity index (χ1) is 3.77. The first kappa shape index (κ1) is 5.48. The Hall–Kier alpha value is -0.660. The van der Waals surface area contributed by atoms with Crippen LogP contribution in [0.3, 0.4) is 0 Å². The lowest BCUT2D eigenvalue weighted by Gasteiger charge is -2.31. The van der Waals surface area contributed by atoms with Gasteiger partial charge in [-0.3, -0.25) is 0 Å². The number of hydrogen-bond donors (Lipinski definition) is 0. The summed E-state index contributed by atoms with van der Waals surface area (Å²) in [6, 6.07) is 0. The van der Waals surface area contributed by atoms with Crippen LogP contribution in [-0.2, 0) is 9.53 Å². The normalized spacial score (nSPS) is 23.1. The van der Waals surface area contributed by atoms with Crippen LogP contribution in [0.2, 0.25) is 0 Å². The average molecular weight is 113 g/mol. The van der Waals surface area contributed by atoms with E-state index in [0.29, 0.717) is 13.2 Å². The highest BCUT2D eigenvalue weighted by Gasteiger charge is 2.32. The molecule has 1 fully saturated rings. The van der Waals surface area contributed by atoms with Crippen LogP contribution >= 0.6 is 0 Å². The molecule has 1 aliphatic heterocycles. The highest BCUT2D eigenvalue weighted by Crippen LogP contribution is 2.19. The largest absolute Gasteiger partial charge is 0.376 e. The minimum Gasteiger partial charge on any atom is -0.376 e. The second-order valence-corrected chi connectivity index (χ2v) is 2.19. The number of ether oxygens (including phenoxy) is 1. The minimum absolute atomic E-state index is 0.248. The monoisotopic (exact) mass is 113 g/mol. The first-order valence-corrected chi connectivity index (χ1v) is 2.44. The lowest BCUT2D eigenvalue weighted by Crippen LogP contribution is -2.44. The van der Waals surface area contributed by atoms with Crippen LogP contribution in [0.4, 0.5) is 0 Å². The molecule has 0 spiro atoms. The molecule has 1 heterocycles. The van der Waals surface area contributed by atoms with E-state index in [1.165, 1.54) is 6.08 Å². The second-order valence-electron chi connectivity index (χ2n) is 2.19. The molecule has 0 radical (unpaired) electrons. The van der Waals surface area contributed by atoms with Crippen molar-refractivity contribution in [2.45, 2.75) is 12.5 Å². The second kappa shape index (κ2) is 1.69. The maximum absolute atomic E-state index is 9.67. The summed E-state index contributed by atoms with van der Waals surface area (Å²) in [7, 11) is 0. The van der Waals surface area contributed by atoms with E-state index < -0.39 is 0 Å². The van der Waals surface area contributed by atoms with Crippen LogP contribution in [0.1, 0.15) is 6.92 Å². The van der Waals surface area contributed by atoms with Crippen LogP contribution in [0.25, 0.3) is 0 Å². The van der Waals surface area contributed by atoms with Gasteiger partial charge >= 0.3 is 0 Å². The van der Waals surface area contributed by atoms with E-state index in [2.05, 4.69) is 4.99 Å². The Morgan fingerprint density at radius 3 is 2.50 bits per heavy atom. The third-order valence-electron chi connectivity index (χ3n) is 1.14. The van der Waals surface area contributed by atoms with Gasteiger partial charge in [0.2, 0.25) is 6.08 Å². The smallest absolute Gasteiger partial charge is 0.235 e. The number of nitrogens with zero attached hydrogens (tertiary/aromatic N) is 1. The lowest BCUT2D eigenvalue weighted by molar-refractivity contribution is -0.0417. The lowest BCUT2D eigenvalue weighted by atomic mass is 10.0. The van der Waals surface area contributed by atoms with Crippen molar-refractivity contribution in [1.82, 2.24) is 0 Å². The molecule has 0 N–H and O–H groups in total. The molecule has 0 aromatic rings. The Morgan fingerprint density at radius 1 is 1.75 bits per heavy atom.